The standard InChI is InChI=1S/C28H28N6O5S/c1-31-25-23(27(36)32(2)28(31)37)26(30-24(29-25)20-8-10-21(11-9-20)34(38)39)40-17-22(35)33-14-12-19(13-15-33)16-18-6-4-3-5-7-18/h3-11,19H,12-17H2,1-2H3. The summed E-state index contributed by atoms with van der Waals surface area (Å²) in [4.78, 5) is 60.3. The molecule has 1 amide bonds. The van der Waals surface area contributed by atoms with Crippen LogP contribution < -0.4 is 11.2 Å². The maximum Gasteiger partial charge on any atom is 0.332 e. The summed E-state index contributed by atoms with van der Waals surface area (Å²) in [6, 6.07) is 16.0. The predicted octanol–water partition coefficient (Wildman–Crippen LogP) is 3.18. The normalized spacial score (nSPS) is 14.0. The molecule has 0 radical (unpaired) electrons. The molecule has 206 valence electrons. The van der Waals surface area contributed by atoms with Crippen molar-refractivity contribution >= 4 is 34.4 Å². The molecule has 5 rings (SSSR count). The minimum absolute atomic E-state index is 0.0477. The van der Waals surface area contributed by atoms with Crippen LogP contribution in [0, 0.1) is 16.0 Å². The molecular formula is C28H28N6O5S. The van der Waals surface area contributed by atoms with Crippen LogP contribution in [-0.2, 0) is 25.3 Å². The summed E-state index contributed by atoms with van der Waals surface area (Å²) in [6.07, 6.45) is 2.85. The average Bonchev–Trinajstić information content (AvgIpc) is 2.98. The summed E-state index contributed by atoms with van der Waals surface area (Å²) in [5.41, 5.74) is 0.737. The number of likely N-dealkylation sites (tertiary alicyclic amines) is 1. The maximum absolute atomic E-state index is 13.2. The lowest BCUT2D eigenvalue weighted by Crippen LogP contribution is -2.40. The SMILES string of the molecule is Cn1c(=O)c2c(SCC(=O)N3CCC(Cc4ccccc4)CC3)nc(-c3ccc([N+](=O)[O-])cc3)nc2n(C)c1=O. The average molecular weight is 561 g/mol. The van der Waals surface area contributed by atoms with Crippen molar-refractivity contribution in [3.05, 3.63) is 91.1 Å². The Labute approximate surface area is 233 Å². The van der Waals surface area contributed by atoms with Crippen molar-refractivity contribution in [1.82, 2.24) is 24.0 Å². The van der Waals surface area contributed by atoms with Gasteiger partial charge in [0.15, 0.2) is 11.5 Å². The number of non-ortho nitro benzene ring substituents is 1. The molecule has 1 saturated heterocycles. The molecule has 1 fully saturated rings. The Balaban J connectivity index is 1.38. The highest BCUT2D eigenvalue weighted by Crippen LogP contribution is 2.28. The van der Waals surface area contributed by atoms with Crippen LogP contribution in [-0.4, -0.2) is 53.7 Å². The van der Waals surface area contributed by atoms with E-state index in [1.807, 2.05) is 23.1 Å². The number of rotatable bonds is 7. The van der Waals surface area contributed by atoms with Gasteiger partial charge in [-0.15, -0.1) is 0 Å². The number of hydrogen-bond donors (Lipinski definition) is 0. The third-order valence-electron chi connectivity index (χ3n) is 7.27. The number of amides is 1. The van der Waals surface area contributed by atoms with Gasteiger partial charge in [0.05, 0.1) is 10.7 Å². The Morgan fingerprint density at radius 1 is 1.00 bits per heavy atom. The highest BCUT2D eigenvalue weighted by atomic mass is 32.2. The lowest BCUT2D eigenvalue weighted by atomic mass is 9.90. The van der Waals surface area contributed by atoms with Crippen molar-refractivity contribution in [2.45, 2.75) is 24.3 Å². The monoisotopic (exact) mass is 560 g/mol. The number of aryl methyl sites for hydroxylation is 1. The molecule has 4 aromatic rings. The fourth-order valence-electron chi connectivity index (χ4n) is 4.95. The molecule has 0 saturated carbocycles. The molecular weight excluding hydrogens is 532 g/mol. The molecule has 12 heteroatoms. The number of hydrogen-bond acceptors (Lipinski definition) is 8. The summed E-state index contributed by atoms with van der Waals surface area (Å²) in [6.45, 7) is 1.34. The largest absolute Gasteiger partial charge is 0.342 e. The van der Waals surface area contributed by atoms with E-state index in [0.29, 0.717) is 24.6 Å². The van der Waals surface area contributed by atoms with Crippen LogP contribution in [0.15, 0.2) is 69.2 Å². The van der Waals surface area contributed by atoms with Crippen molar-refractivity contribution in [3.63, 3.8) is 0 Å². The van der Waals surface area contributed by atoms with Gasteiger partial charge in [-0.1, -0.05) is 42.1 Å². The lowest BCUT2D eigenvalue weighted by Gasteiger charge is -2.32. The molecule has 3 heterocycles. The predicted molar refractivity (Wildman–Crippen MR) is 152 cm³/mol. The Bertz CT molecular complexity index is 1690. The van der Waals surface area contributed by atoms with E-state index in [2.05, 4.69) is 22.1 Å². The summed E-state index contributed by atoms with van der Waals surface area (Å²) in [5.74, 6) is 0.746. The van der Waals surface area contributed by atoms with Gasteiger partial charge in [-0.25, -0.2) is 14.8 Å². The smallest absolute Gasteiger partial charge is 0.332 e. The van der Waals surface area contributed by atoms with Gasteiger partial charge in [0.2, 0.25) is 5.91 Å². The highest BCUT2D eigenvalue weighted by Gasteiger charge is 2.25. The van der Waals surface area contributed by atoms with E-state index in [-0.39, 0.29) is 39.2 Å². The first-order chi connectivity index (χ1) is 19.2. The zero-order valence-electron chi connectivity index (χ0n) is 22.1. The number of nitrogens with zero attached hydrogens (tertiary/aromatic N) is 6. The van der Waals surface area contributed by atoms with Gasteiger partial charge < -0.3 is 4.90 Å². The molecule has 1 aliphatic heterocycles. The fraction of sp³-hybridized carbons (Fsp3) is 0.321. The van der Waals surface area contributed by atoms with Crippen LogP contribution in [0.25, 0.3) is 22.4 Å². The molecule has 2 aromatic heterocycles. The number of carbonyl (C=O) groups excluding carboxylic acids is 1. The number of aromatic nitrogens is 4. The minimum atomic E-state index is -0.551. The number of piperidine rings is 1. The first kappa shape index (κ1) is 27.3. The van der Waals surface area contributed by atoms with Crippen molar-refractivity contribution < 1.29 is 9.72 Å². The Kier molecular flexibility index (Phi) is 7.78. The van der Waals surface area contributed by atoms with Crippen LogP contribution in [0.4, 0.5) is 5.69 Å². The Morgan fingerprint density at radius 2 is 1.68 bits per heavy atom. The van der Waals surface area contributed by atoms with E-state index in [1.54, 1.807) is 0 Å². The van der Waals surface area contributed by atoms with E-state index >= 15 is 0 Å². The van der Waals surface area contributed by atoms with Crippen molar-refractivity contribution in [3.8, 4) is 11.4 Å². The van der Waals surface area contributed by atoms with Crippen molar-refractivity contribution in [1.29, 1.82) is 0 Å². The van der Waals surface area contributed by atoms with E-state index in [1.165, 1.54) is 48.5 Å². The zero-order valence-corrected chi connectivity index (χ0v) is 23.0. The molecule has 2 aromatic carbocycles. The van der Waals surface area contributed by atoms with Crippen LogP contribution >= 0.6 is 11.8 Å². The molecule has 0 spiro atoms. The van der Waals surface area contributed by atoms with Crippen LogP contribution in [0.2, 0.25) is 0 Å². The van der Waals surface area contributed by atoms with Crippen LogP contribution in [0.3, 0.4) is 0 Å². The third-order valence-corrected chi connectivity index (χ3v) is 8.23. The van der Waals surface area contributed by atoms with E-state index < -0.39 is 16.2 Å². The number of benzene rings is 2. The number of nitro groups is 1. The summed E-state index contributed by atoms with van der Waals surface area (Å²) in [7, 11) is 2.89. The van der Waals surface area contributed by atoms with Gasteiger partial charge in [0, 0.05) is 44.9 Å². The molecule has 0 N–H and O–H groups in total. The highest BCUT2D eigenvalue weighted by molar-refractivity contribution is 8.00. The number of nitro benzene ring substituents is 1. The molecule has 0 atom stereocenters. The van der Waals surface area contributed by atoms with E-state index in [4.69, 9.17) is 0 Å². The quantitative estimate of drug-likeness (QED) is 0.146. The van der Waals surface area contributed by atoms with Crippen molar-refractivity contribution in [2.24, 2.45) is 20.0 Å². The summed E-state index contributed by atoms with van der Waals surface area (Å²) in [5, 5.41) is 11.5. The Morgan fingerprint density at radius 3 is 2.33 bits per heavy atom. The fourth-order valence-corrected chi connectivity index (χ4v) is 5.87. The van der Waals surface area contributed by atoms with Gasteiger partial charge in [0.25, 0.3) is 11.2 Å². The van der Waals surface area contributed by atoms with E-state index in [9.17, 15) is 24.5 Å². The first-order valence-electron chi connectivity index (χ1n) is 12.9. The van der Waals surface area contributed by atoms with Gasteiger partial charge in [-0.3, -0.25) is 28.8 Å². The second-order valence-corrected chi connectivity index (χ2v) is 10.8. The van der Waals surface area contributed by atoms with Gasteiger partial charge in [-0.2, -0.15) is 0 Å². The van der Waals surface area contributed by atoms with Crippen molar-refractivity contribution in [2.75, 3.05) is 18.8 Å². The zero-order chi connectivity index (χ0) is 28.4. The Hall–Kier alpha value is -4.32. The lowest BCUT2D eigenvalue weighted by molar-refractivity contribution is -0.384. The molecule has 0 aliphatic carbocycles. The number of carbonyl (C=O) groups is 1. The molecule has 11 nitrogen and oxygen atoms in total. The van der Waals surface area contributed by atoms with Crippen LogP contribution in [0.5, 0.6) is 0 Å². The number of fused-ring (bicyclic) bond motifs is 1. The second kappa shape index (κ2) is 11.4. The number of thioether (sulfide) groups is 1. The van der Waals surface area contributed by atoms with Gasteiger partial charge >= 0.3 is 5.69 Å². The van der Waals surface area contributed by atoms with E-state index in [0.717, 1.165) is 35.6 Å². The van der Waals surface area contributed by atoms with Gasteiger partial charge in [-0.05, 0) is 42.9 Å². The minimum Gasteiger partial charge on any atom is -0.342 e. The molecule has 0 bridgehead atoms. The molecule has 40 heavy (non-hydrogen) atoms. The topological polar surface area (TPSA) is 133 Å². The van der Waals surface area contributed by atoms with Crippen LogP contribution in [0.1, 0.15) is 18.4 Å². The first-order valence-corrected chi connectivity index (χ1v) is 13.9. The summed E-state index contributed by atoms with van der Waals surface area (Å²) >= 11 is 1.13. The molecule has 0 unspecified atom stereocenters. The third kappa shape index (κ3) is 5.53. The molecule has 1 aliphatic rings. The van der Waals surface area contributed by atoms with Gasteiger partial charge in [0.1, 0.15) is 10.4 Å². The summed E-state index contributed by atoms with van der Waals surface area (Å²) < 4.78 is 2.25. The second-order valence-electron chi connectivity index (χ2n) is 9.86. The maximum atomic E-state index is 13.2.